The highest BCUT2D eigenvalue weighted by atomic mass is 35.5. The summed E-state index contributed by atoms with van der Waals surface area (Å²) in [5.74, 6) is -0.774. The van der Waals surface area contributed by atoms with E-state index in [1.54, 1.807) is 12.1 Å². The number of halogens is 2. The fourth-order valence-electron chi connectivity index (χ4n) is 2.63. The van der Waals surface area contributed by atoms with Crippen LogP contribution in [0.3, 0.4) is 0 Å². The third-order valence-electron chi connectivity index (χ3n) is 3.58. The molecule has 1 aliphatic heterocycles. The summed E-state index contributed by atoms with van der Waals surface area (Å²) in [6.45, 7) is 0.645. The maximum absolute atomic E-state index is 14.1. The van der Waals surface area contributed by atoms with Crippen molar-refractivity contribution in [2.45, 2.75) is 12.5 Å². The number of nitrogens with one attached hydrogen (secondary N) is 1. The first-order valence-corrected chi connectivity index (χ1v) is 6.67. The van der Waals surface area contributed by atoms with E-state index >= 15 is 0 Å². The molecule has 2 aromatic carbocycles. The molecule has 1 heterocycles. The van der Waals surface area contributed by atoms with Gasteiger partial charge < -0.3 is 15.5 Å². The summed E-state index contributed by atoms with van der Waals surface area (Å²) in [5.41, 5.74) is 1.97. The number of aromatic hydroxyl groups is 2. The first kappa shape index (κ1) is 13.2. The predicted octanol–water partition coefficient (Wildman–Crippen LogP) is 3.13. The van der Waals surface area contributed by atoms with Crippen molar-refractivity contribution in [3.63, 3.8) is 0 Å². The average molecular weight is 294 g/mol. The fourth-order valence-corrected chi connectivity index (χ4v) is 2.90. The summed E-state index contributed by atoms with van der Waals surface area (Å²) < 4.78 is 14.1. The lowest BCUT2D eigenvalue weighted by atomic mass is 9.89. The van der Waals surface area contributed by atoms with Crippen molar-refractivity contribution in [2.24, 2.45) is 0 Å². The molecule has 1 atom stereocenters. The van der Waals surface area contributed by atoms with Crippen LogP contribution in [0.25, 0.3) is 0 Å². The van der Waals surface area contributed by atoms with Crippen LogP contribution >= 0.6 is 11.6 Å². The van der Waals surface area contributed by atoms with Gasteiger partial charge in [0.1, 0.15) is 5.82 Å². The first-order valence-electron chi connectivity index (χ1n) is 6.30. The molecule has 0 saturated carbocycles. The van der Waals surface area contributed by atoms with Gasteiger partial charge in [0.25, 0.3) is 0 Å². The second kappa shape index (κ2) is 4.96. The Bertz CT molecular complexity index is 655. The van der Waals surface area contributed by atoms with Crippen LogP contribution in [0.5, 0.6) is 11.5 Å². The Labute approximate surface area is 120 Å². The standard InChI is InChI=1S/C15H13ClFNO2/c16-10-2-1-3-11(17)14(10)15-9-7-13(20)12(19)6-8(9)4-5-18-15/h1-3,6-7,15,18-20H,4-5H2. The van der Waals surface area contributed by atoms with Crippen molar-refractivity contribution in [1.29, 1.82) is 0 Å². The third-order valence-corrected chi connectivity index (χ3v) is 3.91. The van der Waals surface area contributed by atoms with Gasteiger partial charge in [-0.2, -0.15) is 0 Å². The van der Waals surface area contributed by atoms with Crippen LogP contribution in [0.15, 0.2) is 30.3 Å². The van der Waals surface area contributed by atoms with Crippen LogP contribution < -0.4 is 5.32 Å². The van der Waals surface area contributed by atoms with Crippen molar-refractivity contribution in [3.8, 4) is 11.5 Å². The second-order valence-corrected chi connectivity index (χ2v) is 5.22. The summed E-state index contributed by atoms with van der Waals surface area (Å²) in [6.07, 6.45) is 0.700. The Morgan fingerprint density at radius 2 is 1.95 bits per heavy atom. The fraction of sp³-hybridized carbons (Fsp3) is 0.200. The highest BCUT2D eigenvalue weighted by Crippen LogP contribution is 2.38. The van der Waals surface area contributed by atoms with E-state index in [1.807, 2.05) is 0 Å². The van der Waals surface area contributed by atoms with E-state index in [0.717, 1.165) is 11.1 Å². The zero-order valence-corrected chi connectivity index (χ0v) is 11.3. The zero-order chi connectivity index (χ0) is 14.3. The van der Waals surface area contributed by atoms with E-state index in [4.69, 9.17) is 11.6 Å². The molecule has 0 saturated heterocycles. The smallest absolute Gasteiger partial charge is 0.157 e. The number of fused-ring (bicyclic) bond motifs is 1. The van der Waals surface area contributed by atoms with Gasteiger partial charge in [-0.3, -0.25) is 0 Å². The first-order chi connectivity index (χ1) is 9.58. The van der Waals surface area contributed by atoms with Gasteiger partial charge in [0.05, 0.1) is 6.04 Å². The maximum atomic E-state index is 14.1. The average Bonchev–Trinajstić information content (AvgIpc) is 2.40. The molecule has 0 amide bonds. The molecule has 0 radical (unpaired) electrons. The van der Waals surface area contributed by atoms with Crippen molar-refractivity contribution in [3.05, 3.63) is 57.9 Å². The van der Waals surface area contributed by atoms with E-state index < -0.39 is 11.9 Å². The minimum atomic E-state index is -0.432. The van der Waals surface area contributed by atoms with Gasteiger partial charge >= 0.3 is 0 Å². The van der Waals surface area contributed by atoms with E-state index in [1.165, 1.54) is 18.2 Å². The van der Waals surface area contributed by atoms with Crippen LogP contribution in [0.2, 0.25) is 5.02 Å². The van der Waals surface area contributed by atoms with E-state index in [0.29, 0.717) is 23.6 Å². The van der Waals surface area contributed by atoms with Crippen LogP contribution in [0.4, 0.5) is 4.39 Å². The quantitative estimate of drug-likeness (QED) is 0.708. The van der Waals surface area contributed by atoms with Gasteiger partial charge in [-0.1, -0.05) is 17.7 Å². The minimum Gasteiger partial charge on any atom is -0.504 e. The van der Waals surface area contributed by atoms with Crippen LogP contribution in [-0.4, -0.2) is 16.8 Å². The number of benzene rings is 2. The Hall–Kier alpha value is -1.78. The molecule has 0 spiro atoms. The molecule has 3 nitrogen and oxygen atoms in total. The number of phenolic OH excluding ortho intramolecular Hbond substituents is 2. The lowest BCUT2D eigenvalue weighted by molar-refractivity contribution is 0.400. The molecule has 104 valence electrons. The molecule has 0 bridgehead atoms. The highest BCUT2D eigenvalue weighted by molar-refractivity contribution is 6.31. The lowest BCUT2D eigenvalue weighted by Gasteiger charge is -2.28. The van der Waals surface area contributed by atoms with Crippen molar-refractivity contribution in [1.82, 2.24) is 5.32 Å². The summed E-state index contributed by atoms with van der Waals surface area (Å²) in [5, 5.41) is 22.8. The van der Waals surface area contributed by atoms with E-state index in [2.05, 4.69) is 5.32 Å². The zero-order valence-electron chi connectivity index (χ0n) is 10.5. The molecule has 1 aliphatic rings. The Morgan fingerprint density at radius 3 is 2.70 bits per heavy atom. The Balaban J connectivity index is 2.17. The summed E-state index contributed by atoms with van der Waals surface area (Å²) in [4.78, 5) is 0. The Kier molecular flexibility index (Phi) is 3.28. The third kappa shape index (κ3) is 2.11. The number of hydrogen-bond acceptors (Lipinski definition) is 3. The van der Waals surface area contributed by atoms with Gasteiger partial charge in [-0.25, -0.2) is 4.39 Å². The van der Waals surface area contributed by atoms with E-state index in [-0.39, 0.29) is 11.5 Å². The van der Waals surface area contributed by atoms with Gasteiger partial charge in [-0.05, 0) is 41.8 Å². The van der Waals surface area contributed by atoms with Gasteiger partial charge in [0.15, 0.2) is 11.5 Å². The van der Waals surface area contributed by atoms with Gasteiger partial charge in [0, 0.05) is 17.1 Å². The summed E-state index contributed by atoms with van der Waals surface area (Å²) in [7, 11) is 0. The maximum Gasteiger partial charge on any atom is 0.157 e. The largest absolute Gasteiger partial charge is 0.504 e. The molecule has 0 aliphatic carbocycles. The van der Waals surface area contributed by atoms with Crippen molar-refractivity contribution >= 4 is 11.6 Å². The number of rotatable bonds is 1. The number of hydrogen-bond donors (Lipinski definition) is 3. The molecule has 3 N–H and O–H groups in total. The van der Waals surface area contributed by atoms with Crippen LogP contribution in [0.1, 0.15) is 22.7 Å². The highest BCUT2D eigenvalue weighted by Gasteiger charge is 2.27. The Morgan fingerprint density at radius 1 is 1.20 bits per heavy atom. The topological polar surface area (TPSA) is 52.5 Å². The molecule has 5 heteroatoms. The molecule has 1 unspecified atom stereocenters. The second-order valence-electron chi connectivity index (χ2n) is 4.81. The predicted molar refractivity (Wildman–Crippen MR) is 74.7 cm³/mol. The van der Waals surface area contributed by atoms with Crippen molar-refractivity contribution < 1.29 is 14.6 Å². The van der Waals surface area contributed by atoms with Gasteiger partial charge in [-0.15, -0.1) is 0 Å². The molecule has 0 fully saturated rings. The van der Waals surface area contributed by atoms with E-state index in [9.17, 15) is 14.6 Å². The molecular weight excluding hydrogens is 281 g/mol. The molecule has 0 aromatic heterocycles. The van der Waals surface area contributed by atoms with Crippen LogP contribution in [0, 0.1) is 5.82 Å². The molecular formula is C15H13ClFNO2. The van der Waals surface area contributed by atoms with Crippen molar-refractivity contribution in [2.75, 3.05) is 6.54 Å². The molecule has 20 heavy (non-hydrogen) atoms. The molecule has 3 rings (SSSR count). The lowest BCUT2D eigenvalue weighted by Crippen LogP contribution is -2.31. The SMILES string of the molecule is Oc1cc2c(cc1O)C(c1c(F)cccc1Cl)NCC2. The van der Waals surface area contributed by atoms with Crippen LogP contribution in [-0.2, 0) is 6.42 Å². The summed E-state index contributed by atoms with van der Waals surface area (Å²) in [6, 6.07) is 7.10. The summed E-state index contributed by atoms with van der Waals surface area (Å²) >= 11 is 6.11. The monoisotopic (exact) mass is 293 g/mol. The minimum absolute atomic E-state index is 0.163. The number of phenols is 2. The normalized spacial score (nSPS) is 17.8. The molecule has 2 aromatic rings. The van der Waals surface area contributed by atoms with Gasteiger partial charge in [0.2, 0.25) is 0 Å².